The number of rotatable bonds is 3. The lowest BCUT2D eigenvalue weighted by Gasteiger charge is -2.43. The number of hydrogen-bond acceptors (Lipinski definition) is 3. The van der Waals surface area contributed by atoms with E-state index in [2.05, 4.69) is 5.32 Å². The molecule has 0 heterocycles. The number of carbonyl (C=O) groups is 2. The van der Waals surface area contributed by atoms with Crippen LogP contribution in [0.2, 0.25) is 0 Å². The first kappa shape index (κ1) is 15.1. The Morgan fingerprint density at radius 1 is 1.05 bits per heavy atom. The van der Waals surface area contributed by atoms with Crippen molar-refractivity contribution in [3.05, 3.63) is 0 Å². The molecule has 114 valence electrons. The fourth-order valence-electron chi connectivity index (χ4n) is 3.40. The fourth-order valence-corrected chi connectivity index (χ4v) is 3.40. The summed E-state index contributed by atoms with van der Waals surface area (Å²) in [4.78, 5) is 23.8. The molecule has 0 aromatic heterocycles. The number of carbonyl (C=O) groups excluding carboxylic acids is 1. The van der Waals surface area contributed by atoms with Gasteiger partial charge in [-0.3, -0.25) is 4.79 Å². The van der Waals surface area contributed by atoms with Crippen LogP contribution in [0.15, 0.2) is 0 Å². The summed E-state index contributed by atoms with van der Waals surface area (Å²) in [5.74, 6) is -0.782. The molecule has 2 fully saturated rings. The Kier molecular flexibility index (Phi) is 3.73. The Morgan fingerprint density at radius 2 is 1.60 bits per heavy atom. The van der Waals surface area contributed by atoms with Gasteiger partial charge in [-0.25, -0.2) is 4.79 Å². The summed E-state index contributed by atoms with van der Waals surface area (Å²) in [6.45, 7) is 5.43. The molecule has 2 aliphatic carbocycles. The number of carboxylic acid groups (broad SMARTS) is 1. The summed E-state index contributed by atoms with van der Waals surface area (Å²) in [5.41, 5.74) is -1.97. The Hall–Kier alpha value is -1.26. The van der Waals surface area contributed by atoms with Gasteiger partial charge in [-0.05, 0) is 46.5 Å². The highest BCUT2D eigenvalue weighted by molar-refractivity contribution is 5.82. The van der Waals surface area contributed by atoms with Crippen molar-refractivity contribution in [1.29, 1.82) is 0 Å². The first-order chi connectivity index (χ1) is 9.21. The van der Waals surface area contributed by atoms with Gasteiger partial charge in [-0.2, -0.15) is 0 Å². The number of ether oxygens (including phenoxy) is 1. The van der Waals surface area contributed by atoms with E-state index in [1.165, 1.54) is 0 Å². The van der Waals surface area contributed by atoms with Crippen LogP contribution < -0.4 is 5.32 Å². The molecular formula is C15H25NO4. The molecule has 5 nitrogen and oxygen atoms in total. The van der Waals surface area contributed by atoms with Gasteiger partial charge in [0.15, 0.2) is 0 Å². The number of nitrogens with one attached hydrogen (secondary N) is 1. The van der Waals surface area contributed by atoms with E-state index in [1.54, 1.807) is 0 Å². The lowest BCUT2D eigenvalue weighted by atomic mass is 9.70. The van der Waals surface area contributed by atoms with Crippen LogP contribution in [0.25, 0.3) is 0 Å². The number of amides is 1. The quantitative estimate of drug-likeness (QED) is 0.834. The van der Waals surface area contributed by atoms with E-state index >= 15 is 0 Å². The molecule has 2 N–H and O–H groups in total. The molecule has 0 bridgehead atoms. The molecule has 20 heavy (non-hydrogen) atoms. The van der Waals surface area contributed by atoms with E-state index in [-0.39, 0.29) is 0 Å². The Bertz CT molecular complexity index is 401. The Balaban J connectivity index is 2.16. The monoisotopic (exact) mass is 283 g/mol. The summed E-state index contributed by atoms with van der Waals surface area (Å²) in [5, 5.41) is 12.5. The van der Waals surface area contributed by atoms with E-state index in [0.29, 0.717) is 12.8 Å². The second kappa shape index (κ2) is 4.93. The molecule has 0 atom stereocenters. The number of alkyl carbamates (subject to hydrolysis) is 1. The zero-order valence-corrected chi connectivity index (χ0v) is 12.6. The minimum atomic E-state index is -0.782. The topological polar surface area (TPSA) is 75.6 Å². The van der Waals surface area contributed by atoms with Crippen LogP contribution >= 0.6 is 0 Å². The van der Waals surface area contributed by atoms with Crippen LogP contribution in [-0.4, -0.2) is 28.3 Å². The summed E-state index contributed by atoms with van der Waals surface area (Å²) >= 11 is 0. The van der Waals surface area contributed by atoms with E-state index in [9.17, 15) is 14.7 Å². The highest BCUT2D eigenvalue weighted by atomic mass is 16.6. The molecule has 2 aliphatic rings. The average molecular weight is 283 g/mol. The van der Waals surface area contributed by atoms with Gasteiger partial charge in [0.1, 0.15) is 5.60 Å². The lowest BCUT2D eigenvalue weighted by Crippen LogP contribution is -2.59. The normalized spacial score (nSPS) is 23.8. The van der Waals surface area contributed by atoms with E-state index in [1.807, 2.05) is 20.8 Å². The highest BCUT2D eigenvalue weighted by Crippen LogP contribution is 2.59. The molecule has 0 saturated heterocycles. The first-order valence-corrected chi connectivity index (χ1v) is 7.45. The second-order valence-corrected chi connectivity index (χ2v) is 7.16. The van der Waals surface area contributed by atoms with Gasteiger partial charge >= 0.3 is 12.1 Å². The summed E-state index contributed by atoms with van der Waals surface area (Å²) < 4.78 is 5.33. The first-order valence-electron chi connectivity index (χ1n) is 7.45. The van der Waals surface area contributed by atoms with Gasteiger partial charge in [0.25, 0.3) is 0 Å². The van der Waals surface area contributed by atoms with Crippen LogP contribution in [-0.2, 0) is 9.53 Å². The maximum absolute atomic E-state index is 12.1. The van der Waals surface area contributed by atoms with Gasteiger partial charge in [-0.1, -0.05) is 19.3 Å². The largest absolute Gasteiger partial charge is 0.481 e. The predicted octanol–water partition coefficient (Wildman–Crippen LogP) is 3.08. The van der Waals surface area contributed by atoms with Gasteiger partial charge in [0, 0.05) is 0 Å². The standard InChI is InChI=1S/C15H25NO4/c1-13(2,3)20-12(19)16-15(7-5-4-6-8-15)14(9-10-14)11(17)18/h4-10H2,1-3H3,(H,16,19)(H,17,18). The van der Waals surface area contributed by atoms with Crippen LogP contribution in [0.5, 0.6) is 0 Å². The van der Waals surface area contributed by atoms with E-state index in [0.717, 1.165) is 32.1 Å². The summed E-state index contributed by atoms with van der Waals surface area (Å²) in [6, 6.07) is 0. The molecule has 0 unspecified atom stereocenters. The third-order valence-corrected chi connectivity index (χ3v) is 4.52. The maximum Gasteiger partial charge on any atom is 0.408 e. The van der Waals surface area contributed by atoms with Gasteiger partial charge in [-0.15, -0.1) is 0 Å². The van der Waals surface area contributed by atoms with Crippen molar-refractivity contribution in [2.24, 2.45) is 5.41 Å². The fraction of sp³-hybridized carbons (Fsp3) is 0.867. The van der Waals surface area contributed by atoms with E-state index in [4.69, 9.17) is 4.74 Å². The van der Waals surface area contributed by atoms with Crippen molar-refractivity contribution >= 4 is 12.1 Å². The molecule has 0 radical (unpaired) electrons. The van der Waals surface area contributed by atoms with Gasteiger partial charge < -0.3 is 15.2 Å². The number of carboxylic acids is 1. The number of hydrogen-bond donors (Lipinski definition) is 2. The molecule has 0 aliphatic heterocycles. The van der Waals surface area contributed by atoms with Crippen molar-refractivity contribution in [2.45, 2.75) is 76.9 Å². The van der Waals surface area contributed by atoms with Crippen LogP contribution in [0.3, 0.4) is 0 Å². The molecule has 0 aromatic rings. The third-order valence-electron chi connectivity index (χ3n) is 4.52. The molecule has 5 heteroatoms. The smallest absolute Gasteiger partial charge is 0.408 e. The SMILES string of the molecule is CC(C)(C)OC(=O)NC1(C2(C(=O)O)CC2)CCCCC1. The molecule has 1 amide bonds. The van der Waals surface area contributed by atoms with Gasteiger partial charge in [0.2, 0.25) is 0 Å². The van der Waals surface area contributed by atoms with E-state index < -0.39 is 28.6 Å². The zero-order chi connectivity index (χ0) is 15.0. The van der Waals surface area contributed by atoms with Crippen molar-refractivity contribution in [3.8, 4) is 0 Å². The second-order valence-electron chi connectivity index (χ2n) is 7.16. The van der Waals surface area contributed by atoms with Crippen LogP contribution in [0.4, 0.5) is 4.79 Å². The Morgan fingerprint density at radius 3 is 2.00 bits per heavy atom. The average Bonchev–Trinajstić information content (AvgIpc) is 3.08. The van der Waals surface area contributed by atoms with Crippen molar-refractivity contribution in [3.63, 3.8) is 0 Å². The van der Waals surface area contributed by atoms with Gasteiger partial charge in [0.05, 0.1) is 11.0 Å². The van der Waals surface area contributed by atoms with Crippen LogP contribution in [0, 0.1) is 5.41 Å². The Labute approximate surface area is 120 Å². The zero-order valence-electron chi connectivity index (χ0n) is 12.6. The maximum atomic E-state index is 12.1. The van der Waals surface area contributed by atoms with Crippen molar-refractivity contribution in [2.75, 3.05) is 0 Å². The van der Waals surface area contributed by atoms with Crippen molar-refractivity contribution < 1.29 is 19.4 Å². The highest BCUT2D eigenvalue weighted by Gasteiger charge is 2.65. The number of aliphatic carboxylic acids is 1. The lowest BCUT2D eigenvalue weighted by molar-refractivity contribution is -0.147. The molecule has 2 saturated carbocycles. The van der Waals surface area contributed by atoms with Crippen molar-refractivity contribution in [1.82, 2.24) is 5.32 Å². The summed E-state index contributed by atoms with van der Waals surface area (Å²) in [7, 11) is 0. The molecule has 0 spiro atoms. The molecule has 0 aromatic carbocycles. The predicted molar refractivity (Wildman–Crippen MR) is 74.5 cm³/mol. The van der Waals surface area contributed by atoms with Crippen LogP contribution in [0.1, 0.15) is 65.7 Å². The minimum absolute atomic E-state index is 0.494. The molecular weight excluding hydrogens is 258 g/mol. The summed E-state index contributed by atoms with van der Waals surface area (Å²) in [6.07, 6.45) is 5.31. The third kappa shape index (κ3) is 2.76. The molecule has 2 rings (SSSR count). The minimum Gasteiger partial charge on any atom is -0.481 e.